The Morgan fingerprint density at radius 1 is 1.24 bits per heavy atom. The van der Waals surface area contributed by atoms with Gasteiger partial charge in [-0.05, 0) is 12.1 Å². The number of para-hydroxylation sites is 2. The summed E-state index contributed by atoms with van der Waals surface area (Å²) in [6, 6.07) is 7.55. The quantitative estimate of drug-likeness (QED) is 0.707. The van der Waals surface area contributed by atoms with Gasteiger partial charge in [0.05, 0.1) is 7.11 Å². The summed E-state index contributed by atoms with van der Waals surface area (Å²) in [5, 5.41) is 3.17. The van der Waals surface area contributed by atoms with E-state index in [2.05, 4.69) is 5.32 Å². The molecule has 4 nitrogen and oxygen atoms in total. The molecule has 1 unspecified atom stereocenters. The second kappa shape index (κ2) is 8.08. The molecule has 0 saturated heterocycles. The molecule has 0 saturated carbocycles. The highest BCUT2D eigenvalue weighted by Crippen LogP contribution is 2.25. The van der Waals surface area contributed by atoms with Gasteiger partial charge < -0.3 is 14.8 Å². The van der Waals surface area contributed by atoms with E-state index in [0.717, 1.165) is 24.6 Å². The maximum atomic E-state index is 10.8. The topological polar surface area (TPSA) is 47.6 Å². The van der Waals surface area contributed by atoms with Gasteiger partial charge in [-0.2, -0.15) is 0 Å². The van der Waals surface area contributed by atoms with E-state index in [1.165, 1.54) is 0 Å². The summed E-state index contributed by atoms with van der Waals surface area (Å²) in [4.78, 5) is 0. The molecule has 0 fully saturated rings. The van der Waals surface area contributed by atoms with E-state index in [4.69, 9.17) is 9.47 Å². The summed E-state index contributed by atoms with van der Waals surface area (Å²) < 4.78 is 21.5. The maximum Gasteiger partial charge on any atom is 0.161 e. The third kappa shape index (κ3) is 5.70. The Morgan fingerprint density at radius 2 is 1.94 bits per heavy atom. The number of benzene rings is 1. The molecule has 0 bridgehead atoms. The average molecular weight is 257 g/mol. The lowest BCUT2D eigenvalue weighted by molar-refractivity contribution is 0.293. The molecule has 1 N–H and O–H groups in total. The van der Waals surface area contributed by atoms with Crippen LogP contribution in [0.25, 0.3) is 0 Å². The normalized spacial score (nSPS) is 12.1. The monoisotopic (exact) mass is 257 g/mol. The fourth-order valence-electron chi connectivity index (χ4n) is 1.31. The van der Waals surface area contributed by atoms with E-state index < -0.39 is 10.8 Å². The van der Waals surface area contributed by atoms with Gasteiger partial charge in [0.2, 0.25) is 0 Å². The average Bonchev–Trinajstić information content (AvgIpc) is 2.33. The molecular formula is C12H19NO3S. The zero-order valence-electron chi connectivity index (χ0n) is 10.3. The zero-order valence-corrected chi connectivity index (χ0v) is 11.1. The fourth-order valence-corrected chi connectivity index (χ4v) is 1.74. The summed E-state index contributed by atoms with van der Waals surface area (Å²) >= 11 is 0. The molecule has 0 heterocycles. The van der Waals surface area contributed by atoms with Gasteiger partial charge in [0.15, 0.2) is 11.5 Å². The predicted octanol–water partition coefficient (Wildman–Crippen LogP) is 1.04. The molecule has 1 aromatic carbocycles. The van der Waals surface area contributed by atoms with Crippen LogP contribution in [0.2, 0.25) is 0 Å². The Balaban J connectivity index is 2.19. The summed E-state index contributed by atoms with van der Waals surface area (Å²) in [7, 11) is 0.887. The van der Waals surface area contributed by atoms with Crippen LogP contribution in [0.1, 0.15) is 0 Å². The van der Waals surface area contributed by atoms with E-state index in [9.17, 15) is 4.21 Å². The van der Waals surface area contributed by atoms with Gasteiger partial charge in [-0.1, -0.05) is 12.1 Å². The summed E-state index contributed by atoms with van der Waals surface area (Å²) in [5.41, 5.74) is 0. The van der Waals surface area contributed by atoms with E-state index in [1.807, 2.05) is 24.3 Å². The Labute approximate surface area is 105 Å². The molecule has 0 aliphatic heterocycles. The number of nitrogens with one attached hydrogen (secondary N) is 1. The largest absolute Gasteiger partial charge is 0.493 e. The van der Waals surface area contributed by atoms with Crippen molar-refractivity contribution < 1.29 is 13.7 Å². The molecule has 0 radical (unpaired) electrons. The summed E-state index contributed by atoms with van der Waals surface area (Å²) in [6.45, 7) is 2.05. The molecule has 1 rings (SSSR count). The zero-order chi connectivity index (χ0) is 12.5. The van der Waals surface area contributed by atoms with Crippen molar-refractivity contribution >= 4 is 10.8 Å². The standard InChI is InChI=1S/C12H19NO3S/c1-15-11-5-3-4-6-12(11)16-9-7-13-8-10-17(2)14/h3-6,13H,7-10H2,1-2H3. The fraction of sp³-hybridized carbons (Fsp3) is 0.500. The first kappa shape index (κ1) is 14.0. The number of rotatable bonds is 8. The molecule has 0 amide bonds. The lowest BCUT2D eigenvalue weighted by Crippen LogP contribution is -2.25. The van der Waals surface area contributed by atoms with Crippen LogP contribution in [0.3, 0.4) is 0 Å². The Kier molecular flexibility index (Phi) is 6.65. The van der Waals surface area contributed by atoms with E-state index in [-0.39, 0.29) is 0 Å². The molecule has 1 aromatic rings. The van der Waals surface area contributed by atoms with Crippen LogP contribution in [0.5, 0.6) is 11.5 Å². The first-order valence-electron chi connectivity index (χ1n) is 5.50. The van der Waals surface area contributed by atoms with Gasteiger partial charge in [-0.25, -0.2) is 0 Å². The lowest BCUT2D eigenvalue weighted by atomic mass is 10.3. The third-order valence-corrected chi connectivity index (χ3v) is 2.95. The minimum atomic E-state index is -0.735. The van der Waals surface area contributed by atoms with Gasteiger partial charge in [-0.15, -0.1) is 0 Å². The smallest absolute Gasteiger partial charge is 0.161 e. The Morgan fingerprint density at radius 3 is 2.59 bits per heavy atom. The van der Waals surface area contributed by atoms with Gasteiger partial charge in [0.25, 0.3) is 0 Å². The first-order chi connectivity index (χ1) is 8.24. The number of methoxy groups -OCH3 is 1. The van der Waals surface area contributed by atoms with Crippen LogP contribution in [0.4, 0.5) is 0 Å². The molecule has 0 aliphatic carbocycles. The van der Waals surface area contributed by atoms with E-state index >= 15 is 0 Å². The molecular weight excluding hydrogens is 238 g/mol. The summed E-state index contributed by atoms with van der Waals surface area (Å²) in [6.07, 6.45) is 1.70. The van der Waals surface area contributed by atoms with Crippen molar-refractivity contribution in [3.8, 4) is 11.5 Å². The molecule has 96 valence electrons. The second-order valence-corrected chi connectivity index (χ2v) is 5.08. The van der Waals surface area contributed by atoms with Crippen molar-refractivity contribution in [2.24, 2.45) is 0 Å². The van der Waals surface area contributed by atoms with Crippen molar-refractivity contribution in [3.05, 3.63) is 24.3 Å². The highest BCUT2D eigenvalue weighted by Gasteiger charge is 2.01. The molecule has 0 aromatic heterocycles. The number of hydrogen-bond donors (Lipinski definition) is 1. The molecule has 0 aliphatic rings. The van der Waals surface area contributed by atoms with Crippen molar-refractivity contribution in [1.82, 2.24) is 5.32 Å². The first-order valence-corrected chi connectivity index (χ1v) is 7.23. The van der Waals surface area contributed by atoms with Crippen LogP contribution >= 0.6 is 0 Å². The predicted molar refractivity (Wildman–Crippen MR) is 70.3 cm³/mol. The Bertz CT molecular complexity index is 357. The van der Waals surface area contributed by atoms with Gasteiger partial charge in [0, 0.05) is 35.9 Å². The van der Waals surface area contributed by atoms with Crippen LogP contribution in [-0.2, 0) is 10.8 Å². The van der Waals surface area contributed by atoms with Crippen LogP contribution < -0.4 is 14.8 Å². The lowest BCUT2D eigenvalue weighted by Gasteiger charge is -2.10. The second-order valence-electron chi connectivity index (χ2n) is 3.53. The Hall–Kier alpha value is -1.07. The number of ether oxygens (including phenoxy) is 2. The van der Waals surface area contributed by atoms with Crippen LogP contribution in [0, 0.1) is 0 Å². The SMILES string of the molecule is COc1ccccc1OCCNCCS(C)=O. The highest BCUT2D eigenvalue weighted by molar-refractivity contribution is 7.84. The third-order valence-electron chi connectivity index (χ3n) is 2.17. The van der Waals surface area contributed by atoms with Gasteiger partial charge >= 0.3 is 0 Å². The van der Waals surface area contributed by atoms with Crippen molar-refractivity contribution in [2.45, 2.75) is 0 Å². The molecule has 1 atom stereocenters. The number of hydrogen-bond acceptors (Lipinski definition) is 4. The highest BCUT2D eigenvalue weighted by atomic mass is 32.2. The van der Waals surface area contributed by atoms with Crippen molar-refractivity contribution in [3.63, 3.8) is 0 Å². The van der Waals surface area contributed by atoms with Crippen molar-refractivity contribution in [2.75, 3.05) is 38.8 Å². The minimum Gasteiger partial charge on any atom is -0.493 e. The molecule has 17 heavy (non-hydrogen) atoms. The van der Waals surface area contributed by atoms with E-state index in [0.29, 0.717) is 12.4 Å². The summed E-state index contributed by atoms with van der Waals surface area (Å²) in [5.74, 6) is 2.16. The molecule has 0 spiro atoms. The maximum absolute atomic E-state index is 10.8. The van der Waals surface area contributed by atoms with Crippen molar-refractivity contribution in [1.29, 1.82) is 0 Å². The molecule has 5 heteroatoms. The van der Waals surface area contributed by atoms with Crippen LogP contribution in [0.15, 0.2) is 24.3 Å². The van der Waals surface area contributed by atoms with Gasteiger partial charge in [0.1, 0.15) is 6.61 Å². The van der Waals surface area contributed by atoms with E-state index in [1.54, 1.807) is 13.4 Å². The van der Waals surface area contributed by atoms with Crippen LogP contribution in [-0.4, -0.2) is 43.0 Å². The van der Waals surface area contributed by atoms with Gasteiger partial charge in [-0.3, -0.25) is 4.21 Å². The minimum absolute atomic E-state index is 0.566.